The molecule has 1 N–H and O–H groups in total. The first-order valence-electron chi connectivity index (χ1n) is 6.88. The molecule has 3 rings (SSSR count). The molecule has 1 heterocycles. The Hall–Kier alpha value is -0.430. The lowest BCUT2D eigenvalue weighted by molar-refractivity contribution is -0.0483. The van der Waals surface area contributed by atoms with Gasteiger partial charge in [0.05, 0.1) is 4.90 Å². The summed E-state index contributed by atoms with van der Waals surface area (Å²) in [5.41, 5.74) is 0.126. The second-order valence-corrected chi connectivity index (χ2v) is 8.27. The number of benzene rings is 1. The van der Waals surface area contributed by atoms with Gasteiger partial charge in [-0.25, -0.2) is 13.1 Å². The maximum absolute atomic E-state index is 12.4. The van der Waals surface area contributed by atoms with Crippen molar-refractivity contribution in [3.8, 4) is 0 Å². The smallest absolute Gasteiger partial charge is 0.240 e. The molecule has 20 heavy (non-hydrogen) atoms. The second-order valence-electron chi connectivity index (χ2n) is 5.64. The van der Waals surface area contributed by atoms with E-state index in [2.05, 4.69) is 20.7 Å². The third kappa shape index (κ3) is 2.66. The van der Waals surface area contributed by atoms with Crippen molar-refractivity contribution in [3.05, 3.63) is 28.7 Å². The minimum atomic E-state index is -3.42. The lowest BCUT2D eigenvalue weighted by Gasteiger charge is -2.51. The lowest BCUT2D eigenvalue weighted by Crippen LogP contribution is -2.57. The molecule has 0 aromatic heterocycles. The van der Waals surface area contributed by atoms with E-state index >= 15 is 0 Å². The molecular weight excluding hydrogens is 342 g/mol. The summed E-state index contributed by atoms with van der Waals surface area (Å²) < 4.78 is 34.0. The van der Waals surface area contributed by atoms with Crippen LogP contribution < -0.4 is 4.72 Å². The highest BCUT2D eigenvalue weighted by atomic mass is 79.9. The SMILES string of the molecule is O=S(=O)(NC1CCC12CCOCC2)c1ccc(Br)cc1. The summed E-state index contributed by atoms with van der Waals surface area (Å²) in [6.07, 6.45) is 3.95. The third-order valence-corrected chi connectivity index (χ3v) is 6.60. The van der Waals surface area contributed by atoms with Gasteiger partial charge < -0.3 is 4.74 Å². The van der Waals surface area contributed by atoms with Crippen molar-refractivity contribution in [1.82, 2.24) is 4.72 Å². The predicted octanol–water partition coefficient (Wildman–Crippen LogP) is 2.69. The predicted molar refractivity (Wildman–Crippen MR) is 80.0 cm³/mol. The standard InChI is InChI=1S/C14H18BrNO3S/c15-11-1-3-12(4-2-11)20(17,18)16-13-5-6-14(13)7-9-19-10-8-14/h1-4,13,16H,5-10H2. The van der Waals surface area contributed by atoms with Gasteiger partial charge in [0, 0.05) is 23.7 Å². The first-order chi connectivity index (χ1) is 9.52. The fourth-order valence-electron chi connectivity index (χ4n) is 3.13. The van der Waals surface area contributed by atoms with Crippen LogP contribution in [0.1, 0.15) is 25.7 Å². The first kappa shape index (κ1) is 14.5. The van der Waals surface area contributed by atoms with E-state index in [-0.39, 0.29) is 11.5 Å². The van der Waals surface area contributed by atoms with Gasteiger partial charge in [0.15, 0.2) is 0 Å². The number of nitrogens with one attached hydrogen (secondary N) is 1. The van der Waals surface area contributed by atoms with E-state index in [1.807, 2.05) is 0 Å². The highest BCUT2D eigenvalue weighted by molar-refractivity contribution is 9.10. The fraction of sp³-hybridized carbons (Fsp3) is 0.571. The van der Waals surface area contributed by atoms with Crippen LogP contribution in [0.15, 0.2) is 33.6 Å². The van der Waals surface area contributed by atoms with Crippen molar-refractivity contribution >= 4 is 26.0 Å². The van der Waals surface area contributed by atoms with Crippen molar-refractivity contribution in [2.75, 3.05) is 13.2 Å². The number of sulfonamides is 1. The lowest BCUT2D eigenvalue weighted by atomic mass is 9.60. The van der Waals surface area contributed by atoms with Crippen LogP contribution in [-0.2, 0) is 14.8 Å². The zero-order valence-electron chi connectivity index (χ0n) is 11.1. The van der Waals surface area contributed by atoms with Crippen molar-refractivity contribution < 1.29 is 13.2 Å². The minimum Gasteiger partial charge on any atom is -0.381 e. The van der Waals surface area contributed by atoms with E-state index in [0.717, 1.165) is 43.4 Å². The van der Waals surface area contributed by atoms with E-state index in [4.69, 9.17) is 4.74 Å². The van der Waals surface area contributed by atoms with Gasteiger partial charge in [-0.1, -0.05) is 15.9 Å². The molecule has 1 atom stereocenters. The Bertz CT molecular complexity index is 579. The molecule has 0 bridgehead atoms. The highest BCUT2D eigenvalue weighted by Gasteiger charge is 2.48. The Kier molecular flexibility index (Phi) is 3.92. The summed E-state index contributed by atoms with van der Waals surface area (Å²) in [5, 5.41) is 0. The van der Waals surface area contributed by atoms with Gasteiger partial charge in [0.25, 0.3) is 0 Å². The van der Waals surface area contributed by atoms with Gasteiger partial charge in [0.1, 0.15) is 0 Å². The number of rotatable bonds is 3. The molecule has 0 radical (unpaired) electrons. The summed E-state index contributed by atoms with van der Waals surface area (Å²) in [4.78, 5) is 0.329. The Morgan fingerprint density at radius 3 is 2.35 bits per heavy atom. The van der Waals surface area contributed by atoms with Crippen LogP contribution >= 0.6 is 15.9 Å². The van der Waals surface area contributed by atoms with Gasteiger partial charge in [-0.2, -0.15) is 0 Å². The molecule has 1 unspecified atom stereocenters. The molecule has 0 amide bonds. The van der Waals surface area contributed by atoms with Gasteiger partial charge in [-0.05, 0) is 55.4 Å². The second kappa shape index (κ2) is 5.40. The molecule has 1 saturated carbocycles. The van der Waals surface area contributed by atoms with Gasteiger partial charge in [0.2, 0.25) is 10.0 Å². The maximum atomic E-state index is 12.4. The Morgan fingerprint density at radius 1 is 1.15 bits per heavy atom. The van der Waals surface area contributed by atoms with Crippen LogP contribution in [0.4, 0.5) is 0 Å². The quantitative estimate of drug-likeness (QED) is 0.902. The van der Waals surface area contributed by atoms with Crippen molar-refractivity contribution in [2.24, 2.45) is 5.41 Å². The molecule has 1 aromatic carbocycles. The van der Waals surface area contributed by atoms with Gasteiger partial charge in [-0.3, -0.25) is 0 Å². The Balaban J connectivity index is 1.75. The molecule has 1 aromatic rings. The molecule has 4 nitrogen and oxygen atoms in total. The van der Waals surface area contributed by atoms with E-state index in [0.29, 0.717) is 4.90 Å². The normalized spacial score (nSPS) is 25.4. The largest absolute Gasteiger partial charge is 0.381 e. The van der Waals surface area contributed by atoms with E-state index < -0.39 is 10.0 Å². The highest BCUT2D eigenvalue weighted by Crippen LogP contribution is 2.49. The van der Waals surface area contributed by atoms with Crippen LogP contribution in [0.2, 0.25) is 0 Å². The number of halogens is 1. The number of hydrogen-bond donors (Lipinski definition) is 1. The van der Waals surface area contributed by atoms with Crippen LogP contribution in [-0.4, -0.2) is 27.7 Å². The van der Waals surface area contributed by atoms with Crippen molar-refractivity contribution in [3.63, 3.8) is 0 Å². The number of ether oxygens (including phenoxy) is 1. The molecule has 110 valence electrons. The minimum absolute atomic E-state index is 0.0556. The summed E-state index contributed by atoms with van der Waals surface area (Å²) in [5.74, 6) is 0. The van der Waals surface area contributed by atoms with Gasteiger partial charge >= 0.3 is 0 Å². The van der Waals surface area contributed by atoms with E-state index in [1.165, 1.54) is 0 Å². The topological polar surface area (TPSA) is 55.4 Å². The summed E-state index contributed by atoms with van der Waals surface area (Å²) >= 11 is 3.32. The van der Waals surface area contributed by atoms with E-state index in [9.17, 15) is 8.42 Å². The molecule has 1 spiro atoms. The Labute approximate surface area is 128 Å². The zero-order valence-corrected chi connectivity index (χ0v) is 13.5. The zero-order chi connectivity index (χ0) is 14.2. The van der Waals surface area contributed by atoms with Crippen LogP contribution in [0.25, 0.3) is 0 Å². The molecular formula is C14H18BrNO3S. The summed E-state index contributed by atoms with van der Waals surface area (Å²) in [6.45, 7) is 1.49. The molecule has 1 aliphatic carbocycles. The molecule has 1 aliphatic heterocycles. The Morgan fingerprint density at radius 2 is 1.80 bits per heavy atom. The van der Waals surface area contributed by atoms with Crippen LogP contribution in [0.5, 0.6) is 0 Å². The molecule has 2 aliphatic rings. The van der Waals surface area contributed by atoms with Crippen molar-refractivity contribution in [1.29, 1.82) is 0 Å². The summed E-state index contributed by atoms with van der Waals surface area (Å²) in [6, 6.07) is 6.81. The average molecular weight is 360 g/mol. The van der Waals surface area contributed by atoms with Crippen LogP contribution in [0.3, 0.4) is 0 Å². The average Bonchev–Trinajstić information content (AvgIpc) is 2.45. The molecule has 6 heteroatoms. The van der Waals surface area contributed by atoms with Crippen molar-refractivity contribution in [2.45, 2.75) is 36.6 Å². The molecule has 2 fully saturated rings. The van der Waals surface area contributed by atoms with E-state index in [1.54, 1.807) is 24.3 Å². The van der Waals surface area contributed by atoms with Gasteiger partial charge in [-0.15, -0.1) is 0 Å². The maximum Gasteiger partial charge on any atom is 0.240 e. The first-order valence-corrected chi connectivity index (χ1v) is 9.15. The molecule has 1 saturated heterocycles. The number of hydrogen-bond acceptors (Lipinski definition) is 3. The third-order valence-electron chi connectivity index (χ3n) is 4.58. The monoisotopic (exact) mass is 359 g/mol. The summed E-state index contributed by atoms with van der Waals surface area (Å²) in [7, 11) is -3.42. The fourth-order valence-corrected chi connectivity index (χ4v) is 4.76. The van der Waals surface area contributed by atoms with Crippen LogP contribution in [0, 0.1) is 5.41 Å².